The lowest BCUT2D eigenvalue weighted by Gasteiger charge is -2.23. The van der Waals surface area contributed by atoms with Gasteiger partial charge >= 0.3 is 0 Å². The van der Waals surface area contributed by atoms with Gasteiger partial charge in [0.2, 0.25) is 0 Å². The Hall–Kier alpha value is -0.480. The number of hydrogen-bond donors (Lipinski definition) is 1. The minimum Gasteiger partial charge on any atom is -0.337 e. The van der Waals surface area contributed by atoms with E-state index in [1.165, 1.54) is 0 Å². The van der Waals surface area contributed by atoms with Crippen molar-refractivity contribution >= 4 is 41.5 Å². The van der Waals surface area contributed by atoms with Gasteiger partial charge in [0.05, 0.1) is 10.0 Å². The molecule has 1 aliphatic rings. The summed E-state index contributed by atoms with van der Waals surface area (Å²) in [5, 5.41) is 4.12. The molecule has 1 saturated heterocycles. The maximum Gasteiger partial charge on any atom is 0.253 e. The van der Waals surface area contributed by atoms with Crippen LogP contribution in [0.4, 0.5) is 0 Å². The molecule has 0 aliphatic carbocycles. The van der Waals surface area contributed by atoms with Gasteiger partial charge in [0, 0.05) is 25.2 Å². The maximum absolute atomic E-state index is 12.2. The predicted molar refractivity (Wildman–Crippen MR) is 77.1 cm³/mol. The van der Waals surface area contributed by atoms with E-state index in [2.05, 4.69) is 5.32 Å². The largest absolute Gasteiger partial charge is 0.337 e. The Morgan fingerprint density at radius 3 is 2.67 bits per heavy atom. The van der Waals surface area contributed by atoms with Gasteiger partial charge in [-0.1, -0.05) is 23.2 Å². The van der Waals surface area contributed by atoms with Crippen molar-refractivity contribution in [1.82, 2.24) is 10.2 Å². The van der Waals surface area contributed by atoms with E-state index in [0.717, 1.165) is 19.5 Å². The summed E-state index contributed by atoms with van der Waals surface area (Å²) in [6.45, 7) is 1.81. The molecule has 0 aromatic heterocycles. The third-order valence-corrected chi connectivity index (χ3v) is 3.81. The molecule has 0 radical (unpaired) electrons. The van der Waals surface area contributed by atoms with Crippen molar-refractivity contribution in [2.24, 2.45) is 0 Å². The first-order chi connectivity index (χ1) is 8.09. The van der Waals surface area contributed by atoms with Crippen molar-refractivity contribution in [3.8, 4) is 0 Å². The molecule has 1 amide bonds. The van der Waals surface area contributed by atoms with Crippen LogP contribution in [-0.4, -0.2) is 37.0 Å². The third-order valence-electron chi connectivity index (χ3n) is 3.07. The average molecular weight is 310 g/mol. The van der Waals surface area contributed by atoms with Crippen LogP contribution in [0.15, 0.2) is 18.2 Å². The van der Waals surface area contributed by atoms with Crippen LogP contribution in [0, 0.1) is 0 Å². The van der Waals surface area contributed by atoms with E-state index in [0.29, 0.717) is 15.6 Å². The minimum atomic E-state index is -0.0164. The molecule has 1 aromatic rings. The Labute approximate surface area is 123 Å². The quantitative estimate of drug-likeness (QED) is 0.911. The van der Waals surface area contributed by atoms with E-state index in [1.807, 2.05) is 7.05 Å². The van der Waals surface area contributed by atoms with E-state index in [4.69, 9.17) is 23.2 Å². The number of amides is 1. The molecule has 0 bridgehead atoms. The Balaban J connectivity index is 0.00000162. The lowest BCUT2D eigenvalue weighted by molar-refractivity contribution is 0.0744. The molecule has 18 heavy (non-hydrogen) atoms. The van der Waals surface area contributed by atoms with Gasteiger partial charge in [-0.2, -0.15) is 0 Å². The van der Waals surface area contributed by atoms with Gasteiger partial charge in [-0.05, 0) is 31.2 Å². The number of carbonyl (C=O) groups excluding carboxylic acids is 1. The zero-order chi connectivity index (χ0) is 12.4. The predicted octanol–water partition coefficient (Wildman–Crippen LogP) is 2.85. The number of carbonyl (C=O) groups is 1. The van der Waals surface area contributed by atoms with Crippen molar-refractivity contribution in [3.05, 3.63) is 33.8 Å². The Morgan fingerprint density at radius 2 is 2.11 bits per heavy atom. The van der Waals surface area contributed by atoms with Crippen molar-refractivity contribution in [1.29, 1.82) is 0 Å². The fraction of sp³-hybridized carbons (Fsp3) is 0.417. The van der Waals surface area contributed by atoms with Crippen molar-refractivity contribution in [2.45, 2.75) is 12.5 Å². The molecule has 0 unspecified atom stereocenters. The molecule has 0 spiro atoms. The lowest BCUT2D eigenvalue weighted by atomic mass is 10.1. The highest BCUT2D eigenvalue weighted by molar-refractivity contribution is 6.42. The SMILES string of the molecule is CN(C(=O)c1ccc(Cl)c(Cl)c1)[C@@H]1CCNC1.Cl. The second kappa shape index (κ2) is 6.62. The Morgan fingerprint density at radius 1 is 1.39 bits per heavy atom. The van der Waals surface area contributed by atoms with Crippen molar-refractivity contribution in [3.63, 3.8) is 0 Å². The number of nitrogens with zero attached hydrogens (tertiary/aromatic N) is 1. The molecule has 0 saturated carbocycles. The highest BCUT2D eigenvalue weighted by Crippen LogP contribution is 2.23. The van der Waals surface area contributed by atoms with Crippen LogP contribution in [0.3, 0.4) is 0 Å². The number of halogens is 3. The monoisotopic (exact) mass is 308 g/mol. The summed E-state index contributed by atoms with van der Waals surface area (Å²) in [5.74, 6) is -0.0164. The number of nitrogens with one attached hydrogen (secondary N) is 1. The summed E-state index contributed by atoms with van der Waals surface area (Å²) in [5.41, 5.74) is 0.578. The van der Waals surface area contributed by atoms with Crippen molar-refractivity contribution < 1.29 is 4.79 Å². The molecule has 2 rings (SSSR count). The topological polar surface area (TPSA) is 32.3 Å². The zero-order valence-corrected chi connectivity index (χ0v) is 12.3. The molecule has 100 valence electrons. The molecule has 1 aliphatic heterocycles. The van der Waals surface area contributed by atoms with Gasteiger partial charge in [-0.3, -0.25) is 4.79 Å². The summed E-state index contributed by atoms with van der Waals surface area (Å²) in [4.78, 5) is 14.0. The zero-order valence-electron chi connectivity index (χ0n) is 9.95. The van der Waals surface area contributed by atoms with Crippen LogP contribution in [0.25, 0.3) is 0 Å². The number of benzene rings is 1. The highest BCUT2D eigenvalue weighted by atomic mass is 35.5. The second-order valence-corrected chi connectivity index (χ2v) is 5.01. The normalized spacial score (nSPS) is 18.3. The van der Waals surface area contributed by atoms with Gasteiger partial charge in [-0.25, -0.2) is 0 Å². The molecule has 6 heteroatoms. The van der Waals surface area contributed by atoms with Crippen LogP contribution in [0.2, 0.25) is 10.0 Å². The van der Waals surface area contributed by atoms with Crippen LogP contribution in [0.1, 0.15) is 16.8 Å². The van der Waals surface area contributed by atoms with E-state index in [1.54, 1.807) is 23.1 Å². The molecule has 1 atom stereocenters. The number of rotatable bonds is 2. The summed E-state index contributed by atoms with van der Waals surface area (Å²) < 4.78 is 0. The first-order valence-electron chi connectivity index (χ1n) is 5.52. The first-order valence-corrected chi connectivity index (χ1v) is 6.28. The molecule has 1 N–H and O–H groups in total. The lowest BCUT2D eigenvalue weighted by Crippen LogP contribution is -2.38. The molecule has 1 fully saturated rings. The molecular weight excluding hydrogens is 295 g/mol. The van der Waals surface area contributed by atoms with Crippen LogP contribution in [-0.2, 0) is 0 Å². The molecular formula is C12H15Cl3N2O. The van der Waals surface area contributed by atoms with Crippen LogP contribution >= 0.6 is 35.6 Å². The standard InChI is InChI=1S/C12H14Cl2N2O.ClH/c1-16(9-4-5-15-7-9)12(17)8-2-3-10(13)11(14)6-8;/h2-3,6,9,15H,4-5,7H2,1H3;1H/t9-;/m1./s1. The summed E-state index contributed by atoms with van der Waals surface area (Å²) in [6, 6.07) is 5.23. The summed E-state index contributed by atoms with van der Waals surface area (Å²) in [7, 11) is 1.82. The minimum absolute atomic E-state index is 0. The molecule has 1 heterocycles. The smallest absolute Gasteiger partial charge is 0.253 e. The first kappa shape index (κ1) is 15.6. The summed E-state index contributed by atoms with van der Waals surface area (Å²) >= 11 is 11.7. The van der Waals surface area contributed by atoms with E-state index in [-0.39, 0.29) is 24.4 Å². The highest BCUT2D eigenvalue weighted by Gasteiger charge is 2.24. The van der Waals surface area contributed by atoms with Gasteiger partial charge in [0.25, 0.3) is 5.91 Å². The van der Waals surface area contributed by atoms with E-state index in [9.17, 15) is 4.79 Å². The van der Waals surface area contributed by atoms with Gasteiger partial charge in [0.15, 0.2) is 0 Å². The fourth-order valence-corrected chi connectivity index (χ4v) is 2.27. The van der Waals surface area contributed by atoms with E-state index >= 15 is 0 Å². The van der Waals surface area contributed by atoms with Crippen LogP contribution in [0.5, 0.6) is 0 Å². The summed E-state index contributed by atoms with van der Waals surface area (Å²) in [6.07, 6.45) is 0.990. The number of likely N-dealkylation sites (N-methyl/N-ethyl adjacent to an activating group) is 1. The number of hydrogen-bond acceptors (Lipinski definition) is 2. The van der Waals surface area contributed by atoms with Crippen molar-refractivity contribution in [2.75, 3.05) is 20.1 Å². The molecule has 1 aromatic carbocycles. The van der Waals surface area contributed by atoms with Crippen LogP contribution < -0.4 is 5.32 Å². The van der Waals surface area contributed by atoms with Gasteiger partial charge in [0.1, 0.15) is 0 Å². The average Bonchev–Trinajstić information content (AvgIpc) is 2.84. The maximum atomic E-state index is 12.2. The van der Waals surface area contributed by atoms with E-state index < -0.39 is 0 Å². The van der Waals surface area contributed by atoms with Gasteiger partial charge < -0.3 is 10.2 Å². The fourth-order valence-electron chi connectivity index (χ4n) is 1.97. The Kier molecular flexibility index (Phi) is 5.73. The van der Waals surface area contributed by atoms with Gasteiger partial charge in [-0.15, -0.1) is 12.4 Å². The second-order valence-electron chi connectivity index (χ2n) is 4.19. The third kappa shape index (κ3) is 3.29. The Bertz CT molecular complexity index is 433. The molecule has 3 nitrogen and oxygen atoms in total.